The zero-order valence-corrected chi connectivity index (χ0v) is 12.0. The molecule has 112 valence electrons. The van der Waals surface area contributed by atoms with Gasteiger partial charge in [-0.25, -0.2) is 0 Å². The quantitative estimate of drug-likeness (QED) is 0.767. The van der Waals surface area contributed by atoms with Gasteiger partial charge in [0.15, 0.2) is 5.76 Å². The molecule has 0 aromatic carbocycles. The van der Waals surface area contributed by atoms with Crippen LogP contribution in [0.25, 0.3) is 0 Å². The van der Waals surface area contributed by atoms with E-state index >= 15 is 0 Å². The molecule has 0 aliphatic heterocycles. The summed E-state index contributed by atoms with van der Waals surface area (Å²) in [7, 11) is 0. The summed E-state index contributed by atoms with van der Waals surface area (Å²) < 4.78 is 5.28. The highest BCUT2D eigenvalue weighted by Crippen LogP contribution is 2.33. The summed E-state index contributed by atoms with van der Waals surface area (Å²) in [5.41, 5.74) is 4.66. The van der Waals surface area contributed by atoms with Crippen LogP contribution in [0.3, 0.4) is 0 Å². The zero-order chi connectivity index (χ0) is 14.6. The molecule has 2 rings (SSSR count). The number of amides is 1. The predicted octanol–water partition coefficient (Wildman–Crippen LogP) is 1.80. The molecular weight excluding hydrogens is 256 g/mol. The van der Waals surface area contributed by atoms with Crippen molar-refractivity contribution in [3.05, 3.63) is 23.7 Å². The molecular formula is C15H24N2O3. The van der Waals surface area contributed by atoms with Crippen molar-refractivity contribution in [2.24, 2.45) is 11.7 Å². The molecule has 5 heteroatoms. The Bertz CT molecular complexity index is 448. The highest BCUT2D eigenvalue weighted by molar-refractivity contribution is 5.91. The molecule has 1 saturated carbocycles. The normalized spacial score (nSPS) is 26.4. The molecule has 1 aromatic rings. The van der Waals surface area contributed by atoms with E-state index in [0.29, 0.717) is 11.7 Å². The van der Waals surface area contributed by atoms with Crippen LogP contribution < -0.4 is 11.1 Å². The van der Waals surface area contributed by atoms with Crippen LogP contribution in [0.4, 0.5) is 0 Å². The molecule has 1 amide bonds. The minimum atomic E-state index is -0.773. The van der Waals surface area contributed by atoms with Gasteiger partial charge >= 0.3 is 0 Å². The Balaban J connectivity index is 1.84. The first-order valence-corrected chi connectivity index (χ1v) is 7.35. The van der Waals surface area contributed by atoms with E-state index in [4.69, 9.17) is 10.2 Å². The summed E-state index contributed by atoms with van der Waals surface area (Å²) >= 11 is 0. The minimum absolute atomic E-state index is 0.247. The summed E-state index contributed by atoms with van der Waals surface area (Å²) in [6, 6.07) is 3.30. The van der Waals surface area contributed by atoms with Gasteiger partial charge in [0.2, 0.25) is 0 Å². The van der Waals surface area contributed by atoms with Gasteiger partial charge in [-0.3, -0.25) is 4.79 Å². The van der Waals surface area contributed by atoms with Gasteiger partial charge in [0.25, 0.3) is 5.91 Å². The maximum absolute atomic E-state index is 11.9. The van der Waals surface area contributed by atoms with Gasteiger partial charge in [0, 0.05) is 6.54 Å². The van der Waals surface area contributed by atoms with E-state index in [1.54, 1.807) is 12.1 Å². The molecule has 0 radical (unpaired) electrons. The summed E-state index contributed by atoms with van der Waals surface area (Å²) in [5, 5.41) is 13.2. The molecule has 0 saturated heterocycles. The van der Waals surface area contributed by atoms with Crippen LogP contribution in [-0.4, -0.2) is 23.2 Å². The highest BCUT2D eigenvalue weighted by Gasteiger charge is 2.33. The van der Waals surface area contributed by atoms with Gasteiger partial charge in [0.05, 0.1) is 12.1 Å². The van der Waals surface area contributed by atoms with Crippen LogP contribution in [0.15, 0.2) is 16.5 Å². The van der Waals surface area contributed by atoms with E-state index in [2.05, 4.69) is 12.2 Å². The number of carbonyl (C=O) groups excluding carboxylic acids is 1. The fraction of sp³-hybridized carbons (Fsp3) is 0.667. The second kappa shape index (κ2) is 6.41. The van der Waals surface area contributed by atoms with Crippen molar-refractivity contribution in [3.8, 4) is 0 Å². The van der Waals surface area contributed by atoms with E-state index in [1.165, 1.54) is 0 Å². The van der Waals surface area contributed by atoms with Crippen LogP contribution in [0, 0.1) is 5.92 Å². The topological polar surface area (TPSA) is 88.5 Å². The fourth-order valence-corrected chi connectivity index (χ4v) is 2.74. The average molecular weight is 280 g/mol. The number of aliphatic hydroxyl groups is 1. The first kappa shape index (κ1) is 15.1. The lowest BCUT2D eigenvalue weighted by Gasteiger charge is -2.35. The Morgan fingerprint density at radius 1 is 1.50 bits per heavy atom. The van der Waals surface area contributed by atoms with E-state index < -0.39 is 5.60 Å². The van der Waals surface area contributed by atoms with Crippen molar-refractivity contribution in [2.45, 2.75) is 51.2 Å². The van der Waals surface area contributed by atoms with Crippen LogP contribution in [-0.2, 0) is 6.54 Å². The van der Waals surface area contributed by atoms with Crippen LogP contribution in [0.1, 0.15) is 55.3 Å². The Labute approximate surface area is 119 Å². The molecule has 0 bridgehead atoms. The molecule has 1 aliphatic carbocycles. The van der Waals surface area contributed by atoms with Gasteiger partial charge in [-0.05, 0) is 43.7 Å². The standard InChI is InChI=1S/C15H24N2O3/c1-2-11-5-7-15(19,8-6-11)10-17-14(18)13-4-3-12(9-16)20-13/h3-4,11,19H,2,5-10,16H2,1H3,(H,17,18). The molecule has 1 aliphatic rings. The predicted molar refractivity (Wildman–Crippen MR) is 76.1 cm³/mol. The zero-order valence-electron chi connectivity index (χ0n) is 12.0. The van der Waals surface area contributed by atoms with Crippen molar-refractivity contribution in [3.63, 3.8) is 0 Å². The van der Waals surface area contributed by atoms with Crippen LogP contribution >= 0.6 is 0 Å². The molecule has 1 aromatic heterocycles. The smallest absolute Gasteiger partial charge is 0.287 e. The molecule has 20 heavy (non-hydrogen) atoms. The monoisotopic (exact) mass is 280 g/mol. The Morgan fingerprint density at radius 3 is 2.75 bits per heavy atom. The van der Waals surface area contributed by atoms with E-state index in [-0.39, 0.29) is 24.8 Å². The highest BCUT2D eigenvalue weighted by atomic mass is 16.4. The third-order valence-corrected chi connectivity index (χ3v) is 4.28. The molecule has 5 nitrogen and oxygen atoms in total. The van der Waals surface area contributed by atoms with E-state index in [9.17, 15) is 9.90 Å². The Hall–Kier alpha value is -1.33. The first-order chi connectivity index (χ1) is 9.56. The maximum Gasteiger partial charge on any atom is 0.287 e. The fourth-order valence-electron chi connectivity index (χ4n) is 2.74. The van der Waals surface area contributed by atoms with Gasteiger partial charge in [-0.15, -0.1) is 0 Å². The van der Waals surface area contributed by atoms with Gasteiger partial charge in [-0.2, -0.15) is 0 Å². The lowest BCUT2D eigenvalue weighted by atomic mass is 9.78. The minimum Gasteiger partial charge on any atom is -0.455 e. The maximum atomic E-state index is 11.9. The SMILES string of the molecule is CCC1CCC(O)(CNC(=O)c2ccc(CN)o2)CC1. The van der Waals surface area contributed by atoms with Crippen molar-refractivity contribution in [1.82, 2.24) is 5.32 Å². The van der Waals surface area contributed by atoms with Crippen molar-refractivity contribution >= 4 is 5.91 Å². The summed E-state index contributed by atoms with van der Waals surface area (Å²) in [6.07, 6.45) is 4.72. The number of carbonyl (C=O) groups is 1. The summed E-state index contributed by atoms with van der Waals surface area (Å²) in [5.74, 6) is 1.24. The molecule has 4 N–H and O–H groups in total. The van der Waals surface area contributed by atoms with Crippen molar-refractivity contribution < 1.29 is 14.3 Å². The van der Waals surface area contributed by atoms with E-state index in [0.717, 1.165) is 32.1 Å². The second-order valence-electron chi connectivity index (χ2n) is 5.73. The second-order valence-corrected chi connectivity index (χ2v) is 5.73. The molecule has 0 spiro atoms. The Morgan fingerprint density at radius 2 is 2.20 bits per heavy atom. The molecule has 0 unspecified atom stereocenters. The third-order valence-electron chi connectivity index (χ3n) is 4.28. The molecule has 1 heterocycles. The lowest BCUT2D eigenvalue weighted by molar-refractivity contribution is -0.00805. The molecule has 0 atom stereocenters. The largest absolute Gasteiger partial charge is 0.455 e. The van der Waals surface area contributed by atoms with Crippen LogP contribution in [0.2, 0.25) is 0 Å². The van der Waals surface area contributed by atoms with Gasteiger partial charge in [0.1, 0.15) is 5.76 Å². The summed E-state index contributed by atoms with van der Waals surface area (Å²) in [4.78, 5) is 11.9. The first-order valence-electron chi connectivity index (χ1n) is 7.35. The number of furan rings is 1. The summed E-state index contributed by atoms with van der Waals surface area (Å²) in [6.45, 7) is 2.74. The van der Waals surface area contributed by atoms with Crippen molar-refractivity contribution in [2.75, 3.05) is 6.54 Å². The van der Waals surface area contributed by atoms with Gasteiger partial charge < -0.3 is 20.6 Å². The van der Waals surface area contributed by atoms with Gasteiger partial charge in [-0.1, -0.05) is 13.3 Å². The van der Waals surface area contributed by atoms with E-state index in [1.807, 2.05) is 0 Å². The number of hydrogen-bond donors (Lipinski definition) is 3. The number of hydrogen-bond acceptors (Lipinski definition) is 4. The Kier molecular flexibility index (Phi) is 4.83. The number of nitrogens with one attached hydrogen (secondary N) is 1. The number of nitrogens with two attached hydrogens (primary N) is 1. The third kappa shape index (κ3) is 3.61. The lowest BCUT2D eigenvalue weighted by Crippen LogP contribution is -2.45. The number of rotatable bonds is 5. The molecule has 1 fully saturated rings. The van der Waals surface area contributed by atoms with Crippen LogP contribution in [0.5, 0.6) is 0 Å². The average Bonchev–Trinajstić information content (AvgIpc) is 2.95. The van der Waals surface area contributed by atoms with Crippen molar-refractivity contribution in [1.29, 1.82) is 0 Å².